The van der Waals surface area contributed by atoms with Crippen LogP contribution >= 0.6 is 11.6 Å². The normalized spacial score (nSPS) is 18.9. The van der Waals surface area contributed by atoms with Gasteiger partial charge in [-0.25, -0.2) is 9.97 Å². The number of anilines is 2. The molecular formula is C26H32ClN5O5. The number of hydrogen-bond donors (Lipinski definition) is 3. The number of rotatable bonds is 5. The van der Waals surface area contributed by atoms with E-state index in [2.05, 4.69) is 15.3 Å². The lowest BCUT2D eigenvalue weighted by Gasteiger charge is -2.32. The number of hydrogen-bond acceptors (Lipinski definition) is 9. The second-order valence-corrected chi connectivity index (χ2v) is 9.25. The number of furan rings is 1. The Morgan fingerprint density at radius 1 is 1.22 bits per heavy atom. The Hall–Kier alpha value is -3.50. The fourth-order valence-electron chi connectivity index (χ4n) is 4.36. The highest BCUT2D eigenvalue weighted by Gasteiger charge is 2.31. The van der Waals surface area contributed by atoms with Crippen molar-refractivity contribution in [3.05, 3.63) is 46.9 Å². The lowest BCUT2D eigenvalue weighted by atomic mass is 9.86. The summed E-state index contributed by atoms with van der Waals surface area (Å²) in [6.45, 7) is 0.770. The summed E-state index contributed by atoms with van der Waals surface area (Å²) in [7, 11) is 1.82. The van der Waals surface area contributed by atoms with Crippen molar-refractivity contribution in [2.75, 3.05) is 24.6 Å². The molecule has 3 aromatic rings. The van der Waals surface area contributed by atoms with Crippen LogP contribution in [0.15, 0.2) is 34.9 Å². The molecule has 4 heterocycles. The summed E-state index contributed by atoms with van der Waals surface area (Å²) in [5.41, 5.74) is 7.17. The summed E-state index contributed by atoms with van der Waals surface area (Å²) >= 11 is 5.58. The lowest BCUT2D eigenvalue weighted by Crippen LogP contribution is -2.38. The Balaban J connectivity index is 0.000000159. The number of aromatic nitrogens is 2. The monoisotopic (exact) mass is 529 g/mol. The summed E-state index contributed by atoms with van der Waals surface area (Å²) in [5, 5.41) is 12.4. The minimum atomic E-state index is -0.170. The molecule has 198 valence electrons. The van der Waals surface area contributed by atoms with Gasteiger partial charge in [0.2, 0.25) is 5.91 Å². The van der Waals surface area contributed by atoms with Crippen LogP contribution in [0.4, 0.5) is 11.5 Å². The number of pyridine rings is 2. The van der Waals surface area contributed by atoms with Crippen LogP contribution in [0.25, 0.3) is 11.1 Å². The van der Waals surface area contributed by atoms with Crippen molar-refractivity contribution in [3.63, 3.8) is 0 Å². The molecule has 3 aromatic heterocycles. The van der Waals surface area contributed by atoms with Crippen molar-refractivity contribution in [1.29, 1.82) is 0 Å². The summed E-state index contributed by atoms with van der Waals surface area (Å²) in [5.74, 6) is 1.48. The summed E-state index contributed by atoms with van der Waals surface area (Å²) in [6.07, 6.45) is 8.95. The SMILES string of the molecule is CNc1ccc(Cl)cn1.Nc1c(C=O)oc2ccc(CO)nc12.O=CC1CCC(N2CCCC2=O)CC1. The van der Waals surface area contributed by atoms with Crippen molar-refractivity contribution >= 4 is 52.7 Å². The molecule has 2 fully saturated rings. The molecule has 0 atom stereocenters. The Morgan fingerprint density at radius 2 is 1.97 bits per heavy atom. The van der Waals surface area contributed by atoms with E-state index in [-0.39, 0.29) is 24.0 Å². The quantitative estimate of drug-likeness (QED) is 0.418. The minimum absolute atomic E-state index is 0.0718. The highest BCUT2D eigenvalue weighted by molar-refractivity contribution is 6.30. The van der Waals surface area contributed by atoms with Crippen LogP contribution in [0.5, 0.6) is 0 Å². The van der Waals surface area contributed by atoms with Gasteiger partial charge >= 0.3 is 0 Å². The summed E-state index contributed by atoms with van der Waals surface area (Å²) in [4.78, 5) is 42.6. The molecule has 0 bridgehead atoms. The van der Waals surface area contributed by atoms with Gasteiger partial charge in [0.1, 0.15) is 23.3 Å². The average molecular weight is 530 g/mol. The van der Waals surface area contributed by atoms with E-state index in [9.17, 15) is 14.4 Å². The van der Waals surface area contributed by atoms with Crippen LogP contribution in [0.1, 0.15) is 54.8 Å². The maximum atomic E-state index is 11.5. The maximum absolute atomic E-state index is 11.5. The van der Waals surface area contributed by atoms with Crippen molar-refractivity contribution < 1.29 is 23.9 Å². The number of likely N-dealkylation sites (tertiary alicyclic amines) is 1. The summed E-state index contributed by atoms with van der Waals surface area (Å²) in [6, 6.07) is 7.28. The molecule has 2 aliphatic rings. The smallest absolute Gasteiger partial charge is 0.222 e. The van der Waals surface area contributed by atoms with Gasteiger partial charge in [0.25, 0.3) is 0 Å². The van der Waals surface area contributed by atoms with Gasteiger partial charge in [0.15, 0.2) is 17.6 Å². The Morgan fingerprint density at radius 3 is 2.51 bits per heavy atom. The number of halogens is 1. The fraction of sp³-hybridized carbons (Fsp3) is 0.423. The van der Waals surface area contributed by atoms with Crippen LogP contribution in [-0.4, -0.2) is 58.1 Å². The molecule has 0 spiro atoms. The molecule has 0 aromatic carbocycles. The van der Waals surface area contributed by atoms with Gasteiger partial charge in [-0.2, -0.15) is 0 Å². The minimum Gasteiger partial charge on any atom is -0.449 e. The van der Waals surface area contributed by atoms with Crippen molar-refractivity contribution in [2.24, 2.45) is 5.92 Å². The molecule has 5 rings (SSSR count). The number of nitrogens with zero attached hydrogens (tertiary/aromatic N) is 3. The van der Waals surface area contributed by atoms with Crippen molar-refractivity contribution in [2.45, 2.75) is 51.2 Å². The first-order valence-corrected chi connectivity index (χ1v) is 12.6. The number of carbonyl (C=O) groups is 3. The third-order valence-corrected chi connectivity index (χ3v) is 6.62. The van der Waals surface area contributed by atoms with E-state index in [0.29, 0.717) is 40.1 Å². The first kappa shape index (κ1) is 28.1. The lowest BCUT2D eigenvalue weighted by molar-refractivity contribution is -0.130. The third kappa shape index (κ3) is 7.50. The number of fused-ring (bicyclic) bond motifs is 1. The Labute approximate surface area is 220 Å². The van der Waals surface area contributed by atoms with Crippen molar-refractivity contribution in [3.8, 4) is 0 Å². The first-order valence-electron chi connectivity index (χ1n) is 12.2. The molecule has 37 heavy (non-hydrogen) atoms. The van der Waals surface area contributed by atoms with Crippen LogP contribution in [0.3, 0.4) is 0 Å². The number of nitrogens with two attached hydrogens (primary N) is 1. The van der Waals surface area contributed by atoms with Crippen molar-refractivity contribution in [1.82, 2.24) is 14.9 Å². The molecule has 10 nitrogen and oxygen atoms in total. The highest BCUT2D eigenvalue weighted by Crippen LogP contribution is 2.29. The molecule has 0 unspecified atom stereocenters. The van der Waals surface area contributed by atoms with Gasteiger partial charge in [0, 0.05) is 38.2 Å². The predicted molar refractivity (Wildman–Crippen MR) is 141 cm³/mol. The number of carbonyl (C=O) groups excluding carboxylic acids is 3. The van der Waals surface area contributed by atoms with E-state index in [0.717, 1.165) is 57.2 Å². The Bertz CT molecular complexity index is 1190. The van der Waals surface area contributed by atoms with Crippen LogP contribution < -0.4 is 11.1 Å². The van der Waals surface area contributed by atoms with E-state index >= 15 is 0 Å². The maximum Gasteiger partial charge on any atom is 0.222 e. The van der Waals surface area contributed by atoms with Gasteiger partial charge in [-0.15, -0.1) is 0 Å². The number of aliphatic hydroxyl groups is 1. The first-order chi connectivity index (χ1) is 17.9. The number of amides is 1. The van der Waals surface area contributed by atoms with Crippen LogP contribution in [0, 0.1) is 5.92 Å². The molecular weight excluding hydrogens is 498 g/mol. The molecule has 1 saturated carbocycles. The van der Waals surface area contributed by atoms with Crippen LogP contribution in [-0.2, 0) is 16.2 Å². The van der Waals surface area contributed by atoms with E-state index in [4.69, 9.17) is 26.9 Å². The van der Waals surface area contributed by atoms with Gasteiger partial charge in [0.05, 0.1) is 17.3 Å². The third-order valence-electron chi connectivity index (χ3n) is 6.39. The van der Waals surface area contributed by atoms with Gasteiger partial charge in [-0.1, -0.05) is 11.6 Å². The highest BCUT2D eigenvalue weighted by atomic mass is 35.5. The molecule has 1 amide bonds. The number of nitrogens with one attached hydrogen (secondary N) is 1. The molecule has 1 aliphatic heterocycles. The van der Waals surface area contributed by atoms with Gasteiger partial charge in [-0.3, -0.25) is 9.59 Å². The zero-order chi connectivity index (χ0) is 26.8. The van der Waals surface area contributed by atoms with Crippen LogP contribution in [0.2, 0.25) is 5.02 Å². The van der Waals surface area contributed by atoms with Gasteiger partial charge < -0.3 is 30.3 Å². The second-order valence-electron chi connectivity index (χ2n) is 8.81. The summed E-state index contributed by atoms with van der Waals surface area (Å²) < 4.78 is 5.11. The zero-order valence-corrected chi connectivity index (χ0v) is 21.5. The molecule has 11 heteroatoms. The number of aldehydes is 2. The average Bonchev–Trinajstić information content (AvgIpc) is 3.52. The molecule has 0 radical (unpaired) electrons. The number of aliphatic hydroxyl groups excluding tert-OH is 1. The van der Waals surface area contributed by atoms with E-state index in [1.54, 1.807) is 24.4 Å². The predicted octanol–water partition coefficient (Wildman–Crippen LogP) is 3.86. The second kappa shape index (κ2) is 13.7. The fourth-order valence-corrected chi connectivity index (χ4v) is 4.47. The number of nitrogen functional groups attached to an aromatic ring is 1. The van der Waals surface area contributed by atoms with E-state index < -0.39 is 0 Å². The van der Waals surface area contributed by atoms with E-state index in [1.807, 2.05) is 18.0 Å². The molecule has 1 saturated heterocycles. The molecule has 4 N–H and O–H groups in total. The molecule has 1 aliphatic carbocycles. The largest absolute Gasteiger partial charge is 0.449 e. The topological polar surface area (TPSA) is 152 Å². The Kier molecular flexibility index (Phi) is 10.4. The standard InChI is InChI=1S/C11H17NO2.C9H8N2O3.C6H7ClN2/c13-8-9-3-5-10(6-4-9)12-7-1-2-11(12)14;10-8-7(4-13)14-6-2-1-5(3-12)11-9(6)8;1-8-6-3-2-5(7)4-9-6/h8-10H,1-7H2;1-2,4,12H,3,10H2;2-4H,1H3,(H,8,9). The van der Waals surface area contributed by atoms with E-state index in [1.165, 1.54) is 0 Å². The van der Waals surface area contributed by atoms with Gasteiger partial charge in [-0.05, 0) is 56.4 Å². The zero-order valence-electron chi connectivity index (χ0n) is 20.7.